The number of carbonyl (C=O) groups is 2. The van der Waals surface area contributed by atoms with Gasteiger partial charge in [0, 0.05) is 29.4 Å². The first-order chi connectivity index (χ1) is 19.4. The van der Waals surface area contributed by atoms with E-state index < -0.39 is 11.7 Å². The van der Waals surface area contributed by atoms with Crippen LogP contribution in [0.2, 0.25) is 5.02 Å². The van der Waals surface area contributed by atoms with Crippen LogP contribution in [0, 0.1) is 11.8 Å². The molecule has 1 saturated heterocycles. The minimum Gasteiger partial charge on any atom is -0.480 e. The number of amides is 2. The van der Waals surface area contributed by atoms with Crippen molar-refractivity contribution in [3.63, 3.8) is 0 Å². The maximum absolute atomic E-state index is 13.3. The third kappa shape index (κ3) is 4.77. The first-order valence-electron chi connectivity index (χ1n) is 13.9. The van der Waals surface area contributed by atoms with Crippen molar-refractivity contribution < 1.29 is 23.8 Å². The van der Waals surface area contributed by atoms with E-state index in [1.807, 2.05) is 42.5 Å². The smallest absolute Gasteiger partial charge is 0.344 e. The molecule has 5 atom stereocenters. The molecule has 0 radical (unpaired) electrons. The van der Waals surface area contributed by atoms with Crippen molar-refractivity contribution in [2.75, 3.05) is 6.61 Å². The fraction of sp³-hybridized carbons (Fsp3) is 0.375. The highest BCUT2D eigenvalue weighted by Crippen LogP contribution is 2.58. The lowest BCUT2D eigenvalue weighted by atomic mass is 9.60. The van der Waals surface area contributed by atoms with Crippen molar-refractivity contribution in [2.24, 2.45) is 11.8 Å². The summed E-state index contributed by atoms with van der Waals surface area (Å²) in [5.74, 6) is 0.320. The van der Waals surface area contributed by atoms with Crippen LogP contribution in [-0.2, 0) is 9.53 Å². The van der Waals surface area contributed by atoms with E-state index in [1.54, 1.807) is 19.9 Å². The van der Waals surface area contributed by atoms with Gasteiger partial charge in [-0.3, -0.25) is 5.32 Å². The van der Waals surface area contributed by atoms with Crippen LogP contribution in [0.4, 0.5) is 4.79 Å². The Morgan fingerprint density at radius 1 is 1.02 bits per heavy atom. The molecule has 2 N–H and O–H groups in total. The average Bonchev–Trinajstić information content (AvgIpc) is 2.94. The van der Waals surface area contributed by atoms with Crippen molar-refractivity contribution in [3.8, 4) is 11.5 Å². The fourth-order valence-corrected chi connectivity index (χ4v) is 7.01. The van der Waals surface area contributed by atoms with Crippen LogP contribution in [0.3, 0.4) is 0 Å². The Morgan fingerprint density at radius 2 is 1.70 bits per heavy atom. The molecule has 3 aromatic carbocycles. The molecule has 208 valence electrons. The molecule has 1 saturated carbocycles. The number of fused-ring (bicyclic) bond motifs is 1. The highest BCUT2D eigenvalue weighted by molar-refractivity contribution is 6.32. The lowest BCUT2D eigenvalue weighted by molar-refractivity contribution is -0.149. The van der Waals surface area contributed by atoms with E-state index in [0.29, 0.717) is 16.5 Å². The molecule has 0 aromatic heterocycles. The van der Waals surface area contributed by atoms with E-state index in [1.165, 1.54) is 0 Å². The van der Waals surface area contributed by atoms with Crippen molar-refractivity contribution in [3.05, 3.63) is 94.5 Å². The Bertz CT molecular complexity index is 1400. The SMILES string of the molecule is CC(C)OC(=O)COc1cc2c(cc1Cl)[C@H](c1ccccc1)[C@@H]1CCC[C@@H]3[C@H](c4ccccc4)NC(=O)N[C@]31O2. The Hall–Kier alpha value is -3.71. The fourth-order valence-electron chi connectivity index (χ4n) is 6.78. The Balaban J connectivity index is 1.45. The van der Waals surface area contributed by atoms with Crippen molar-refractivity contribution in [1.29, 1.82) is 0 Å². The zero-order valence-corrected chi connectivity index (χ0v) is 23.3. The minimum atomic E-state index is -0.948. The number of halogens is 1. The summed E-state index contributed by atoms with van der Waals surface area (Å²) in [5, 5.41) is 6.83. The first kappa shape index (κ1) is 26.5. The number of benzene rings is 3. The molecule has 6 rings (SSSR count). The normalized spacial score (nSPS) is 26.8. The van der Waals surface area contributed by atoms with Gasteiger partial charge in [0.1, 0.15) is 11.5 Å². The summed E-state index contributed by atoms with van der Waals surface area (Å²) in [6, 6.07) is 23.6. The van der Waals surface area contributed by atoms with E-state index in [9.17, 15) is 9.59 Å². The number of carbonyl (C=O) groups excluding carboxylic acids is 2. The molecular formula is C32H33ClN2O5. The van der Waals surface area contributed by atoms with Gasteiger partial charge in [0.05, 0.1) is 17.2 Å². The average molecular weight is 561 g/mol. The summed E-state index contributed by atoms with van der Waals surface area (Å²) in [6.45, 7) is 3.30. The number of urea groups is 1. The predicted octanol–water partition coefficient (Wildman–Crippen LogP) is 6.36. The number of rotatable bonds is 6. The molecule has 2 aliphatic heterocycles. The predicted molar refractivity (Wildman–Crippen MR) is 152 cm³/mol. The summed E-state index contributed by atoms with van der Waals surface area (Å²) in [5.41, 5.74) is 2.17. The minimum absolute atomic E-state index is 0.0215. The van der Waals surface area contributed by atoms with Gasteiger partial charge in [-0.1, -0.05) is 78.7 Å². The maximum Gasteiger partial charge on any atom is 0.344 e. The molecule has 8 heteroatoms. The van der Waals surface area contributed by atoms with E-state index in [-0.39, 0.29) is 42.5 Å². The van der Waals surface area contributed by atoms with Crippen molar-refractivity contribution in [1.82, 2.24) is 10.6 Å². The Labute approximate surface area is 239 Å². The van der Waals surface area contributed by atoms with Gasteiger partial charge in [0.2, 0.25) is 0 Å². The van der Waals surface area contributed by atoms with E-state index >= 15 is 0 Å². The molecule has 3 aromatic rings. The topological polar surface area (TPSA) is 85.9 Å². The molecule has 40 heavy (non-hydrogen) atoms. The highest BCUT2D eigenvalue weighted by Gasteiger charge is 2.61. The summed E-state index contributed by atoms with van der Waals surface area (Å²) < 4.78 is 18.0. The largest absolute Gasteiger partial charge is 0.480 e. The van der Waals surface area contributed by atoms with Crippen LogP contribution in [0.1, 0.15) is 61.8 Å². The maximum atomic E-state index is 13.3. The van der Waals surface area contributed by atoms with Crippen LogP contribution < -0.4 is 20.1 Å². The molecule has 1 spiro atoms. The number of hydrogen-bond acceptors (Lipinski definition) is 5. The molecule has 2 fully saturated rings. The van der Waals surface area contributed by atoms with Crippen LogP contribution in [-0.4, -0.2) is 30.4 Å². The zero-order valence-electron chi connectivity index (χ0n) is 22.6. The molecule has 0 bridgehead atoms. The summed E-state index contributed by atoms with van der Waals surface area (Å²) in [6.07, 6.45) is 2.53. The second-order valence-electron chi connectivity index (χ2n) is 11.1. The molecular weight excluding hydrogens is 528 g/mol. The molecule has 0 unspecified atom stereocenters. The number of nitrogens with one attached hydrogen (secondary N) is 2. The van der Waals surface area contributed by atoms with Crippen LogP contribution in [0.15, 0.2) is 72.8 Å². The van der Waals surface area contributed by atoms with Gasteiger partial charge in [0.15, 0.2) is 12.3 Å². The van der Waals surface area contributed by atoms with Crippen LogP contribution >= 0.6 is 11.6 Å². The van der Waals surface area contributed by atoms with Crippen molar-refractivity contribution >= 4 is 23.6 Å². The van der Waals surface area contributed by atoms with Crippen LogP contribution in [0.5, 0.6) is 11.5 Å². The first-order valence-corrected chi connectivity index (χ1v) is 14.3. The summed E-state index contributed by atoms with van der Waals surface area (Å²) >= 11 is 6.73. The molecule has 2 amide bonds. The third-order valence-electron chi connectivity index (χ3n) is 8.24. The third-order valence-corrected chi connectivity index (χ3v) is 8.54. The molecule has 1 aliphatic carbocycles. The Kier molecular flexibility index (Phi) is 7.09. The van der Waals surface area contributed by atoms with Gasteiger partial charge in [-0.25, -0.2) is 9.59 Å². The van der Waals surface area contributed by atoms with E-state index in [4.69, 9.17) is 25.8 Å². The summed E-state index contributed by atoms with van der Waals surface area (Å²) in [4.78, 5) is 25.5. The van der Waals surface area contributed by atoms with Gasteiger partial charge >= 0.3 is 12.0 Å². The highest BCUT2D eigenvalue weighted by atomic mass is 35.5. The zero-order chi connectivity index (χ0) is 27.9. The standard InChI is InChI=1S/C32H33ClN2O5/c1-19(2)39-28(36)18-38-27-17-26-22(16-25(27)33)29(20-10-5-3-6-11-20)23-14-9-15-24-30(21-12-7-4-8-13-21)34-31(37)35-32(23,24)40-26/h3-8,10-13,16-17,19,23-24,29-30H,9,14-15,18H2,1-2H3,(H2,34,35,37)/t23-,24+,29-,30-,32+/m0/s1. The van der Waals surface area contributed by atoms with Gasteiger partial charge in [-0.15, -0.1) is 0 Å². The quantitative estimate of drug-likeness (QED) is 0.343. The van der Waals surface area contributed by atoms with Crippen molar-refractivity contribution in [2.45, 2.75) is 56.9 Å². The van der Waals surface area contributed by atoms with Gasteiger partial charge < -0.3 is 19.5 Å². The van der Waals surface area contributed by atoms with Gasteiger partial charge in [0.25, 0.3) is 0 Å². The summed E-state index contributed by atoms with van der Waals surface area (Å²) in [7, 11) is 0. The van der Waals surface area contributed by atoms with E-state index in [0.717, 1.165) is 36.0 Å². The molecule has 2 heterocycles. The number of ether oxygens (including phenoxy) is 3. The van der Waals surface area contributed by atoms with Gasteiger partial charge in [-0.05, 0) is 43.9 Å². The monoisotopic (exact) mass is 560 g/mol. The molecule has 3 aliphatic rings. The Morgan fingerprint density at radius 3 is 2.40 bits per heavy atom. The van der Waals surface area contributed by atoms with E-state index in [2.05, 4.69) is 34.9 Å². The molecule has 7 nitrogen and oxygen atoms in total. The lowest BCUT2D eigenvalue weighted by Crippen LogP contribution is -2.73. The second-order valence-corrected chi connectivity index (χ2v) is 11.5. The van der Waals surface area contributed by atoms with Gasteiger partial charge in [-0.2, -0.15) is 0 Å². The second kappa shape index (κ2) is 10.7. The lowest BCUT2D eigenvalue weighted by Gasteiger charge is -2.58. The number of hydrogen-bond donors (Lipinski definition) is 2. The van der Waals surface area contributed by atoms with Crippen LogP contribution in [0.25, 0.3) is 0 Å². The number of esters is 1.